The Labute approximate surface area is 127 Å². The fourth-order valence-corrected chi connectivity index (χ4v) is 1.65. The number of hydrogen-bond acceptors (Lipinski definition) is 9. The molecule has 0 bridgehead atoms. The summed E-state index contributed by atoms with van der Waals surface area (Å²) in [6.07, 6.45) is 0. The van der Waals surface area contributed by atoms with E-state index in [2.05, 4.69) is 4.74 Å². The van der Waals surface area contributed by atoms with Crippen molar-refractivity contribution in [3.8, 4) is 34.5 Å². The first-order chi connectivity index (χ1) is 10.7. The lowest BCUT2D eigenvalue weighted by Crippen LogP contribution is -2.12. The second-order valence-electron chi connectivity index (χ2n) is 4.40. The summed E-state index contributed by atoms with van der Waals surface area (Å²) in [5.41, 5.74) is -0.864. The molecular formula is C14H10O9. The van der Waals surface area contributed by atoms with Crippen LogP contribution < -0.4 is 0 Å². The van der Waals surface area contributed by atoms with E-state index in [4.69, 9.17) is 10.2 Å². The molecule has 0 heterocycles. The van der Waals surface area contributed by atoms with Gasteiger partial charge in [-0.25, -0.2) is 9.59 Å². The molecule has 0 aliphatic rings. The van der Waals surface area contributed by atoms with Gasteiger partial charge >= 0.3 is 11.9 Å². The maximum atomic E-state index is 11.8. The third-order valence-electron chi connectivity index (χ3n) is 2.80. The standard InChI is InChI=1S/C14H10O9/c15-7-1-5(2-8(16)11(7)19)13(21)23-14(22)6-3-9(17)12(20)10(18)4-6/h1-4,15-20H. The molecule has 0 aromatic heterocycles. The lowest BCUT2D eigenvalue weighted by Gasteiger charge is -2.07. The zero-order valence-electron chi connectivity index (χ0n) is 11.2. The van der Waals surface area contributed by atoms with Crippen LogP contribution in [0.5, 0.6) is 34.5 Å². The molecule has 0 spiro atoms. The van der Waals surface area contributed by atoms with Gasteiger partial charge in [-0.3, -0.25) is 0 Å². The molecule has 9 nitrogen and oxygen atoms in total. The molecule has 0 saturated carbocycles. The van der Waals surface area contributed by atoms with Gasteiger partial charge in [0.1, 0.15) is 0 Å². The molecule has 0 saturated heterocycles. The Hall–Kier alpha value is -3.62. The first-order valence-electron chi connectivity index (χ1n) is 5.97. The first kappa shape index (κ1) is 15.8. The zero-order chi connectivity index (χ0) is 17.3. The van der Waals surface area contributed by atoms with Crippen LogP contribution in [0.1, 0.15) is 20.7 Å². The molecule has 0 radical (unpaired) electrons. The fourth-order valence-electron chi connectivity index (χ4n) is 1.65. The van der Waals surface area contributed by atoms with Gasteiger partial charge in [-0.1, -0.05) is 0 Å². The topological polar surface area (TPSA) is 165 Å². The lowest BCUT2D eigenvalue weighted by molar-refractivity contribution is 0.0396. The predicted molar refractivity (Wildman–Crippen MR) is 72.6 cm³/mol. The van der Waals surface area contributed by atoms with Crippen LogP contribution >= 0.6 is 0 Å². The summed E-state index contributed by atoms with van der Waals surface area (Å²) in [4.78, 5) is 23.5. The number of rotatable bonds is 2. The molecule has 2 aromatic carbocycles. The highest BCUT2D eigenvalue weighted by Gasteiger charge is 2.20. The van der Waals surface area contributed by atoms with E-state index in [0.29, 0.717) is 0 Å². The Balaban J connectivity index is 2.25. The maximum absolute atomic E-state index is 11.8. The number of carbonyl (C=O) groups is 2. The first-order valence-corrected chi connectivity index (χ1v) is 5.97. The van der Waals surface area contributed by atoms with E-state index in [1.54, 1.807) is 0 Å². The number of hydrogen-bond donors (Lipinski definition) is 6. The Bertz CT molecular complexity index is 696. The van der Waals surface area contributed by atoms with Gasteiger partial charge in [-0.05, 0) is 24.3 Å². The molecule has 0 unspecified atom stereocenters. The van der Waals surface area contributed by atoms with E-state index in [1.807, 2.05) is 0 Å². The summed E-state index contributed by atoms with van der Waals surface area (Å²) in [7, 11) is 0. The van der Waals surface area contributed by atoms with Crippen molar-refractivity contribution >= 4 is 11.9 Å². The van der Waals surface area contributed by atoms with Crippen LogP contribution in [0.4, 0.5) is 0 Å². The predicted octanol–water partition coefficient (Wildman–Crippen LogP) is 0.917. The minimum Gasteiger partial charge on any atom is -0.504 e. The monoisotopic (exact) mass is 322 g/mol. The molecule has 0 aliphatic carbocycles. The summed E-state index contributed by atoms with van der Waals surface area (Å²) < 4.78 is 4.44. The van der Waals surface area contributed by atoms with Crippen LogP contribution in [0.2, 0.25) is 0 Å². The number of ether oxygens (including phenoxy) is 1. The van der Waals surface area contributed by atoms with Crippen molar-refractivity contribution in [2.24, 2.45) is 0 Å². The summed E-state index contributed by atoms with van der Waals surface area (Å²) >= 11 is 0. The second-order valence-corrected chi connectivity index (χ2v) is 4.40. The summed E-state index contributed by atoms with van der Waals surface area (Å²) in [5, 5.41) is 55.5. The van der Waals surface area contributed by atoms with E-state index < -0.39 is 57.6 Å². The van der Waals surface area contributed by atoms with Gasteiger partial charge in [0, 0.05) is 0 Å². The van der Waals surface area contributed by atoms with Crippen LogP contribution in [0.3, 0.4) is 0 Å². The molecule has 0 atom stereocenters. The molecule has 0 aliphatic heterocycles. The Morgan fingerprint density at radius 2 is 0.870 bits per heavy atom. The Morgan fingerprint density at radius 3 is 1.13 bits per heavy atom. The van der Waals surface area contributed by atoms with Crippen molar-refractivity contribution in [2.45, 2.75) is 0 Å². The number of phenols is 6. The molecule has 6 N–H and O–H groups in total. The molecule has 23 heavy (non-hydrogen) atoms. The number of esters is 2. The summed E-state index contributed by atoms with van der Waals surface area (Å²) in [6, 6.07) is 3.04. The third-order valence-corrected chi connectivity index (χ3v) is 2.80. The van der Waals surface area contributed by atoms with Crippen LogP contribution in [0.25, 0.3) is 0 Å². The summed E-state index contributed by atoms with van der Waals surface area (Å²) in [5.74, 6) is -7.44. The molecule has 120 valence electrons. The largest absolute Gasteiger partial charge is 0.504 e. The van der Waals surface area contributed by atoms with Crippen molar-refractivity contribution in [1.29, 1.82) is 0 Å². The minimum atomic E-state index is -1.27. The normalized spacial score (nSPS) is 10.3. The molecule has 0 amide bonds. The van der Waals surface area contributed by atoms with E-state index in [0.717, 1.165) is 24.3 Å². The van der Waals surface area contributed by atoms with Gasteiger partial charge in [-0.15, -0.1) is 0 Å². The van der Waals surface area contributed by atoms with Gasteiger partial charge in [-0.2, -0.15) is 0 Å². The number of benzene rings is 2. The lowest BCUT2D eigenvalue weighted by atomic mass is 10.1. The van der Waals surface area contributed by atoms with Gasteiger partial charge in [0.05, 0.1) is 11.1 Å². The molecule has 2 rings (SSSR count). The smallest absolute Gasteiger partial charge is 0.346 e. The molecule has 2 aromatic rings. The third kappa shape index (κ3) is 3.02. The minimum absolute atomic E-state index is 0.432. The van der Waals surface area contributed by atoms with Gasteiger partial charge < -0.3 is 35.4 Å². The van der Waals surface area contributed by atoms with Crippen LogP contribution in [-0.4, -0.2) is 42.6 Å². The van der Waals surface area contributed by atoms with E-state index in [-0.39, 0.29) is 0 Å². The van der Waals surface area contributed by atoms with Crippen molar-refractivity contribution in [2.75, 3.05) is 0 Å². The van der Waals surface area contributed by atoms with E-state index >= 15 is 0 Å². The molecular weight excluding hydrogens is 312 g/mol. The number of aromatic hydroxyl groups is 6. The fraction of sp³-hybridized carbons (Fsp3) is 0. The van der Waals surface area contributed by atoms with Crippen molar-refractivity contribution in [3.63, 3.8) is 0 Å². The van der Waals surface area contributed by atoms with E-state index in [9.17, 15) is 30.0 Å². The van der Waals surface area contributed by atoms with Gasteiger partial charge in [0.25, 0.3) is 0 Å². The quantitative estimate of drug-likeness (QED) is 0.268. The maximum Gasteiger partial charge on any atom is 0.346 e. The van der Waals surface area contributed by atoms with E-state index in [1.165, 1.54) is 0 Å². The average Bonchev–Trinajstić information content (AvgIpc) is 2.49. The van der Waals surface area contributed by atoms with Gasteiger partial charge in [0.2, 0.25) is 0 Å². The van der Waals surface area contributed by atoms with Gasteiger partial charge in [0.15, 0.2) is 34.5 Å². The molecule has 0 fully saturated rings. The van der Waals surface area contributed by atoms with Crippen molar-refractivity contribution in [1.82, 2.24) is 0 Å². The van der Waals surface area contributed by atoms with Crippen LogP contribution in [0.15, 0.2) is 24.3 Å². The Morgan fingerprint density at radius 1 is 0.609 bits per heavy atom. The van der Waals surface area contributed by atoms with Crippen molar-refractivity contribution < 1.29 is 45.0 Å². The SMILES string of the molecule is O=C(OC(=O)c1cc(O)c(O)c(O)c1)c1cc(O)c(O)c(O)c1. The van der Waals surface area contributed by atoms with Crippen LogP contribution in [0, 0.1) is 0 Å². The second kappa shape index (κ2) is 5.64. The number of carbonyl (C=O) groups excluding carboxylic acids is 2. The zero-order valence-corrected chi connectivity index (χ0v) is 11.2. The highest BCUT2D eigenvalue weighted by atomic mass is 16.6. The van der Waals surface area contributed by atoms with Crippen LogP contribution in [-0.2, 0) is 4.74 Å². The highest BCUT2D eigenvalue weighted by molar-refractivity contribution is 6.03. The van der Waals surface area contributed by atoms with Crippen molar-refractivity contribution in [3.05, 3.63) is 35.4 Å². The summed E-state index contributed by atoms with van der Waals surface area (Å²) in [6.45, 7) is 0. The Kier molecular flexibility index (Phi) is 3.86. The highest BCUT2D eigenvalue weighted by Crippen LogP contribution is 2.37. The number of phenolic OH excluding ortho intramolecular Hbond substituents is 6. The molecule has 9 heteroatoms. The average molecular weight is 322 g/mol.